The molecular formula is C17H24N2O4. The van der Waals surface area contributed by atoms with Crippen molar-refractivity contribution in [3.8, 4) is 0 Å². The van der Waals surface area contributed by atoms with Crippen molar-refractivity contribution in [2.45, 2.75) is 45.6 Å². The quantitative estimate of drug-likeness (QED) is 0.841. The van der Waals surface area contributed by atoms with Crippen LogP contribution in [-0.4, -0.2) is 31.3 Å². The maximum atomic E-state index is 12.1. The normalized spacial score (nSPS) is 16.9. The average Bonchev–Trinajstić information content (AvgIpc) is 3.03. The van der Waals surface area contributed by atoms with E-state index in [0.717, 1.165) is 31.4 Å². The van der Waals surface area contributed by atoms with Gasteiger partial charge in [0.1, 0.15) is 0 Å². The van der Waals surface area contributed by atoms with Gasteiger partial charge >= 0.3 is 6.09 Å². The first kappa shape index (κ1) is 17.3. The van der Waals surface area contributed by atoms with Crippen molar-refractivity contribution in [2.75, 3.05) is 23.8 Å². The van der Waals surface area contributed by atoms with Crippen LogP contribution in [0, 0.1) is 6.92 Å². The van der Waals surface area contributed by atoms with Gasteiger partial charge in [0.05, 0.1) is 12.7 Å². The summed E-state index contributed by atoms with van der Waals surface area (Å²) in [5.74, 6) is -0.0446. The van der Waals surface area contributed by atoms with E-state index in [4.69, 9.17) is 9.47 Å². The molecular weight excluding hydrogens is 296 g/mol. The molecule has 0 aromatic heterocycles. The van der Waals surface area contributed by atoms with Crippen LogP contribution in [0.25, 0.3) is 0 Å². The Bertz CT molecular complexity index is 554. The number of rotatable bonds is 6. The molecule has 2 amide bonds. The van der Waals surface area contributed by atoms with E-state index in [9.17, 15) is 9.59 Å². The molecule has 126 valence electrons. The van der Waals surface area contributed by atoms with Crippen LogP contribution in [0.1, 0.15) is 38.2 Å². The Balaban J connectivity index is 1.91. The first-order valence-corrected chi connectivity index (χ1v) is 8.05. The van der Waals surface area contributed by atoms with Crippen molar-refractivity contribution < 1.29 is 19.1 Å². The fourth-order valence-electron chi connectivity index (χ4n) is 2.56. The maximum Gasteiger partial charge on any atom is 0.411 e. The molecule has 23 heavy (non-hydrogen) atoms. The summed E-state index contributed by atoms with van der Waals surface area (Å²) in [6.45, 7) is 4.70. The summed E-state index contributed by atoms with van der Waals surface area (Å²) in [6, 6.07) is 5.37. The summed E-state index contributed by atoms with van der Waals surface area (Å²) >= 11 is 0. The lowest BCUT2D eigenvalue weighted by atomic mass is 10.1. The number of carbonyl (C=O) groups excluding carboxylic acids is 2. The molecule has 6 nitrogen and oxygen atoms in total. The number of hydrogen-bond acceptors (Lipinski definition) is 4. The van der Waals surface area contributed by atoms with Crippen molar-refractivity contribution >= 4 is 23.4 Å². The number of carbonyl (C=O) groups is 2. The molecule has 6 heteroatoms. The smallest absolute Gasteiger partial charge is 0.411 e. The Hall–Kier alpha value is -2.08. The summed E-state index contributed by atoms with van der Waals surface area (Å²) in [5.41, 5.74) is 2.11. The van der Waals surface area contributed by atoms with E-state index in [2.05, 4.69) is 10.6 Å². The highest BCUT2D eigenvalue weighted by atomic mass is 16.5. The zero-order valence-electron chi connectivity index (χ0n) is 13.7. The molecule has 0 spiro atoms. The summed E-state index contributed by atoms with van der Waals surface area (Å²) in [6.07, 6.45) is 2.99. The van der Waals surface area contributed by atoms with Crippen LogP contribution in [0.15, 0.2) is 18.2 Å². The average molecular weight is 320 g/mol. The van der Waals surface area contributed by atoms with Crippen LogP contribution < -0.4 is 10.6 Å². The monoisotopic (exact) mass is 320 g/mol. The third-order valence-electron chi connectivity index (χ3n) is 3.84. The molecule has 1 saturated heterocycles. The lowest BCUT2D eigenvalue weighted by Crippen LogP contribution is -2.17. The number of amides is 2. The molecule has 0 bridgehead atoms. The number of benzene rings is 1. The Kier molecular flexibility index (Phi) is 6.40. The van der Waals surface area contributed by atoms with Gasteiger partial charge in [0.25, 0.3) is 0 Å². The van der Waals surface area contributed by atoms with Crippen LogP contribution in [-0.2, 0) is 14.3 Å². The zero-order chi connectivity index (χ0) is 16.7. The number of hydrogen-bond donors (Lipinski definition) is 2. The van der Waals surface area contributed by atoms with E-state index < -0.39 is 6.09 Å². The molecule has 1 fully saturated rings. The van der Waals surface area contributed by atoms with E-state index in [-0.39, 0.29) is 12.0 Å². The molecule has 1 atom stereocenters. The molecule has 0 radical (unpaired) electrons. The van der Waals surface area contributed by atoms with Gasteiger partial charge in [-0.05, 0) is 50.8 Å². The summed E-state index contributed by atoms with van der Waals surface area (Å²) < 4.78 is 10.4. The van der Waals surface area contributed by atoms with E-state index in [1.807, 2.05) is 13.0 Å². The highest BCUT2D eigenvalue weighted by Gasteiger charge is 2.17. The standard InChI is InChI=1S/C17H24N2O4/c1-3-22-17(21)19-15-8-4-7-14(12(15)2)18-16(20)10-9-13-6-5-11-23-13/h4,7-8,13H,3,5-6,9-11H2,1-2H3,(H,18,20)(H,19,21). The predicted molar refractivity (Wildman–Crippen MR) is 88.7 cm³/mol. The van der Waals surface area contributed by atoms with Crippen LogP contribution in [0.4, 0.5) is 16.2 Å². The second-order valence-corrected chi connectivity index (χ2v) is 5.55. The molecule has 1 aliphatic rings. The highest BCUT2D eigenvalue weighted by Crippen LogP contribution is 2.24. The maximum absolute atomic E-state index is 12.1. The molecule has 1 aromatic carbocycles. The lowest BCUT2D eigenvalue weighted by Gasteiger charge is -2.14. The molecule has 0 saturated carbocycles. The van der Waals surface area contributed by atoms with Crippen LogP contribution >= 0.6 is 0 Å². The molecule has 1 aromatic rings. The lowest BCUT2D eigenvalue weighted by molar-refractivity contribution is -0.116. The second-order valence-electron chi connectivity index (χ2n) is 5.55. The Morgan fingerprint density at radius 1 is 1.30 bits per heavy atom. The van der Waals surface area contributed by atoms with Crippen molar-refractivity contribution in [3.63, 3.8) is 0 Å². The first-order valence-electron chi connectivity index (χ1n) is 8.05. The van der Waals surface area contributed by atoms with Crippen molar-refractivity contribution in [3.05, 3.63) is 23.8 Å². The molecule has 2 rings (SSSR count). The number of ether oxygens (including phenoxy) is 2. The third kappa shape index (κ3) is 5.25. The van der Waals surface area contributed by atoms with Crippen molar-refractivity contribution in [1.82, 2.24) is 0 Å². The Labute approximate surface area is 136 Å². The molecule has 1 unspecified atom stereocenters. The SMILES string of the molecule is CCOC(=O)Nc1cccc(NC(=O)CCC2CCCO2)c1C. The summed E-state index contributed by atoms with van der Waals surface area (Å²) in [5, 5.41) is 5.56. The van der Waals surface area contributed by atoms with Crippen molar-refractivity contribution in [2.24, 2.45) is 0 Å². The van der Waals surface area contributed by atoms with E-state index in [1.54, 1.807) is 19.1 Å². The molecule has 1 heterocycles. The minimum Gasteiger partial charge on any atom is -0.450 e. The van der Waals surface area contributed by atoms with E-state index >= 15 is 0 Å². The predicted octanol–water partition coefficient (Wildman–Crippen LogP) is 3.46. The fraction of sp³-hybridized carbons (Fsp3) is 0.529. The van der Waals surface area contributed by atoms with Crippen molar-refractivity contribution in [1.29, 1.82) is 0 Å². The van der Waals surface area contributed by atoms with Gasteiger partial charge in [0.15, 0.2) is 0 Å². The fourth-order valence-corrected chi connectivity index (χ4v) is 2.56. The van der Waals surface area contributed by atoms with Gasteiger partial charge in [-0.1, -0.05) is 6.07 Å². The van der Waals surface area contributed by atoms with Crippen LogP contribution in [0.3, 0.4) is 0 Å². The third-order valence-corrected chi connectivity index (χ3v) is 3.84. The minimum absolute atomic E-state index is 0.0446. The van der Waals surface area contributed by atoms with Crippen LogP contribution in [0.2, 0.25) is 0 Å². The van der Waals surface area contributed by atoms with Gasteiger partial charge < -0.3 is 14.8 Å². The van der Waals surface area contributed by atoms with E-state index in [0.29, 0.717) is 24.4 Å². The zero-order valence-corrected chi connectivity index (χ0v) is 13.7. The van der Waals surface area contributed by atoms with Gasteiger partial charge in [-0.15, -0.1) is 0 Å². The van der Waals surface area contributed by atoms with Gasteiger partial charge in [0.2, 0.25) is 5.91 Å². The minimum atomic E-state index is -0.502. The van der Waals surface area contributed by atoms with Crippen LogP contribution in [0.5, 0.6) is 0 Å². The molecule has 2 N–H and O–H groups in total. The molecule has 0 aliphatic carbocycles. The van der Waals surface area contributed by atoms with Gasteiger partial charge in [-0.3, -0.25) is 10.1 Å². The topological polar surface area (TPSA) is 76.7 Å². The van der Waals surface area contributed by atoms with E-state index in [1.165, 1.54) is 0 Å². The first-order chi connectivity index (χ1) is 11.1. The largest absolute Gasteiger partial charge is 0.450 e. The summed E-state index contributed by atoms with van der Waals surface area (Å²) in [7, 11) is 0. The van der Waals surface area contributed by atoms with Gasteiger partial charge in [0, 0.05) is 24.4 Å². The Morgan fingerprint density at radius 3 is 2.70 bits per heavy atom. The highest BCUT2D eigenvalue weighted by molar-refractivity contribution is 5.94. The summed E-state index contributed by atoms with van der Waals surface area (Å²) in [4.78, 5) is 23.6. The second kappa shape index (κ2) is 8.53. The Morgan fingerprint density at radius 2 is 2.04 bits per heavy atom. The molecule has 1 aliphatic heterocycles. The number of nitrogens with one attached hydrogen (secondary N) is 2. The number of anilines is 2. The van der Waals surface area contributed by atoms with Gasteiger partial charge in [-0.2, -0.15) is 0 Å². The van der Waals surface area contributed by atoms with Gasteiger partial charge in [-0.25, -0.2) is 4.79 Å².